The van der Waals surface area contributed by atoms with Crippen molar-refractivity contribution in [3.05, 3.63) is 46.5 Å². The third kappa shape index (κ3) is 3.15. The van der Waals surface area contributed by atoms with Gasteiger partial charge < -0.3 is 14.3 Å². The third-order valence-electron chi connectivity index (χ3n) is 3.44. The Hall–Kier alpha value is -2.90. The first kappa shape index (κ1) is 15.0. The van der Waals surface area contributed by atoms with E-state index in [1.807, 2.05) is 13.0 Å². The molecule has 3 aromatic rings. The molecule has 0 fully saturated rings. The van der Waals surface area contributed by atoms with Gasteiger partial charge in [0.05, 0.1) is 12.0 Å². The molecule has 0 radical (unpaired) electrons. The molecule has 1 unspecified atom stereocenters. The van der Waals surface area contributed by atoms with Gasteiger partial charge in [-0.2, -0.15) is 0 Å². The summed E-state index contributed by atoms with van der Waals surface area (Å²) < 4.78 is 11.4. The first-order valence-corrected chi connectivity index (χ1v) is 7.17. The minimum atomic E-state index is -0.345. The molecule has 23 heavy (non-hydrogen) atoms. The van der Waals surface area contributed by atoms with Crippen molar-refractivity contribution in [1.82, 2.24) is 20.0 Å². The fourth-order valence-electron chi connectivity index (χ4n) is 2.38. The van der Waals surface area contributed by atoms with Crippen molar-refractivity contribution in [3.8, 4) is 0 Å². The van der Waals surface area contributed by atoms with Crippen LogP contribution in [0.1, 0.15) is 18.4 Å². The van der Waals surface area contributed by atoms with Gasteiger partial charge in [0.25, 0.3) is 11.3 Å². The van der Waals surface area contributed by atoms with Crippen LogP contribution in [0, 0.1) is 6.92 Å². The molecule has 1 N–H and O–H groups in total. The average molecular weight is 316 g/mol. The molecule has 0 saturated heterocycles. The predicted molar refractivity (Wildman–Crippen MR) is 80.8 cm³/mol. The Labute approximate surface area is 131 Å². The Kier molecular flexibility index (Phi) is 3.96. The van der Waals surface area contributed by atoms with Crippen LogP contribution in [-0.4, -0.2) is 26.7 Å². The third-order valence-corrected chi connectivity index (χ3v) is 3.44. The van der Waals surface area contributed by atoms with Crippen LogP contribution in [0.15, 0.2) is 38.5 Å². The monoisotopic (exact) mass is 316 g/mol. The summed E-state index contributed by atoms with van der Waals surface area (Å²) in [5, 5.41) is 6.83. The molecule has 8 heteroatoms. The van der Waals surface area contributed by atoms with Crippen molar-refractivity contribution in [2.75, 3.05) is 0 Å². The number of amides is 1. The maximum Gasteiger partial charge on any atom is 0.267 e. The first-order chi connectivity index (χ1) is 11.0. The van der Waals surface area contributed by atoms with E-state index in [-0.39, 0.29) is 29.8 Å². The smallest absolute Gasteiger partial charge is 0.267 e. The summed E-state index contributed by atoms with van der Waals surface area (Å²) in [7, 11) is 0. The number of hydrogen-bond donors (Lipinski definition) is 1. The maximum atomic E-state index is 12.3. The van der Waals surface area contributed by atoms with Crippen LogP contribution in [0.3, 0.4) is 0 Å². The fourth-order valence-corrected chi connectivity index (χ4v) is 2.38. The second kappa shape index (κ2) is 6.07. The Morgan fingerprint density at radius 2 is 2.30 bits per heavy atom. The number of aryl methyl sites for hydroxylation is 1. The van der Waals surface area contributed by atoms with Crippen molar-refractivity contribution in [3.63, 3.8) is 0 Å². The number of rotatable bonds is 5. The average Bonchev–Trinajstić information content (AvgIpc) is 3.12. The molecule has 3 rings (SSSR count). The van der Waals surface area contributed by atoms with Gasteiger partial charge in [0.2, 0.25) is 5.91 Å². The maximum absolute atomic E-state index is 12.3. The lowest BCUT2D eigenvalue weighted by molar-refractivity contribution is -0.122. The summed E-state index contributed by atoms with van der Waals surface area (Å²) in [5.74, 6) is 0.513. The van der Waals surface area contributed by atoms with Gasteiger partial charge in [-0.1, -0.05) is 5.16 Å². The number of fused-ring (bicyclic) bond motifs is 1. The topological polar surface area (TPSA) is 103 Å². The molecule has 0 aliphatic rings. The number of furan rings is 1. The SMILES string of the molecule is Cc1noc2ncn(CC(=O)NC(C)Cc3ccco3)c(=O)c12. The van der Waals surface area contributed by atoms with E-state index < -0.39 is 0 Å². The van der Waals surface area contributed by atoms with Gasteiger partial charge in [-0.3, -0.25) is 14.2 Å². The molecule has 3 heterocycles. The summed E-state index contributed by atoms with van der Waals surface area (Å²) >= 11 is 0. The van der Waals surface area contributed by atoms with Crippen molar-refractivity contribution in [1.29, 1.82) is 0 Å². The zero-order valence-corrected chi connectivity index (χ0v) is 12.8. The number of carbonyl (C=O) groups excluding carboxylic acids is 1. The summed E-state index contributed by atoms with van der Waals surface area (Å²) in [5.41, 5.74) is 0.288. The van der Waals surface area contributed by atoms with Gasteiger partial charge in [-0.05, 0) is 26.0 Å². The molecule has 0 aromatic carbocycles. The molecule has 0 aliphatic carbocycles. The molecule has 8 nitrogen and oxygen atoms in total. The number of aromatic nitrogens is 3. The van der Waals surface area contributed by atoms with E-state index in [2.05, 4.69) is 15.5 Å². The van der Waals surface area contributed by atoms with Gasteiger partial charge in [0.1, 0.15) is 24.0 Å². The van der Waals surface area contributed by atoms with Gasteiger partial charge in [0, 0.05) is 12.5 Å². The van der Waals surface area contributed by atoms with Crippen molar-refractivity contribution in [2.24, 2.45) is 0 Å². The number of nitrogens with one attached hydrogen (secondary N) is 1. The quantitative estimate of drug-likeness (QED) is 0.754. The summed E-state index contributed by atoms with van der Waals surface area (Å²) in [6, 6.07) is 3.53. The Morgan fingerprint density at radius 1 is 1.48 bits per heavy atom. The lowest BCUT2D eigenvalue weighted by Crippen LogP contribution is -2.38. The number of nitrogens with zero attached hydrogens (tertiary/aromatic N) is 3. The van der Waals surface area contributed by atoms with Crippen molar-refractivity contribution in [2.45, 2.75) is 32.9 Å². The van der Waals surface area contributed by atoms with E-state index in [1.165, 1.54) is 10.9 Å². The summed E-state index contributed by atoms with van der Waals surface area (Å²) in [6.45, 7) is 3.41. The van der Waals surface area contributed by atoms with Crippen LogP contribution in [0.2, 0.25) is 0 Å². The number of hydrogen-bond acceptors (Lipinski definition) is 6. The van der Waals surface area contributed by atoms with Crippen LogP contribution in [0.5, 0.6) is 0 Å². The zero-order chi connectivity index (χ0) is 16.4. The Balaban J connectivity index is 1.69. The molecule has 0 spiro atoms. The highest BCUT2D eigenvalue weighted by molar-refractivity contribution is 5.77. The first-order valence-electron chi connectivity index (χ1n) is 7.17. The van der Waals surface area contributed by atoms with Crippen LogP contribution in [-0.2, 0) is 17.8 Å². The zero-order valence-electron chi connectivity index (χ0n) is 12.8. The van der Waals surface area contributed by atoms with Crippen LogP contribution in [0.25, 0.3) is 11.1 Å². The van der Waals surface area contributed by atoms with Gasteiger partial charge in [0.15, 0.2) is 0 Å². The fraction of sp³-hybridized carbons (Fsp3) is 0.333. The highest BCUT2D eigenvalue weighted by Gasteiger charge is 2.15. The van der Waals surface area contributed by atoms with Crippen LogP contribution < -0.4 is 10.9 Å². The van der Waals surface area contributed by atoms with E-state index in [4.69, 9.17) is 8.94 Å². The van der Waals surface area contributed by atoms with Gasteiger partial charge in [-0.15, -0.1) is 0 Å². The minimum absolute atomic E-state index is 0.113. The van der Waals surface area contributed by atoms with Crippen molar-refractivity contribution < 1.29 is 13.7 Å². The second-order valence-electron chi connectivity index (χ2n) is 5.38. The summed E-state index contributed by atoms with van der Waals surface area (Å²) in [6.07, 6.45) is 3.45. The Morgan fingerprint density at radius 3 is 3.04 bits per heavy atom. The second-order valence-corrected chi connectivity index (χ2v) is 5.38. The van der Waals surface area contributed by atoms with Gasteiger partial charge >= 0.3 is 0 Å². The predicted octanol–water partition coefficient (Wildman–Crippen LogP) is 1.03. The van der Waals surface area contributed by atoms with E-state index in [1.54, 1.807) is 19.3 Å². The minimum Gasteiger partial charge on any atom is -0.469 e. The summed E-state index contributed by atoms with van der Waals surface area (Å²) in [4.78, 5) is 28.4. The number of carbonyl (C=O) groups is 1. The van der Waals surface area contributed by atoms with Gasteiger partial charge in [-0.25, -0.2) is 4.98 Å². The molecule has 0 aliphatic heterocycles. The van der Waals surface area contributed by atoms with Crippen molar-refractivity contribution >= 4 is 17.0 Å². The lowest BCUT2D eigenvalue weighted by atomic mass is 10.2. The molecular formula is C15H16N4O4. The molecule has 3 aromatic heterocycles. The van der Waals surface area contributed by atoms with E-state index >= 15 is 0 Å². The molecule has 1 amide bonds. The highest BCUT2D eigenvalue weighted by atomic mass is 16.5. The molecule has 0 bridgehead atoms. The Bertz CT molecular complexity index is 879. The molecule has 0 saturated carbocycles. The van der Waals surface area contributed by atoms with E-state index in [0.29, 0.717) is 17.5 Å². The largest absolute Gasteiger partial charge is 0.469 e. The standard InChI is InChI=1S/C15H16N4O4/c1-9(6-11-4-3-5-22-11)17-12(20)7-19-8-16-14-13(15(19)21)10(2)18-23-14/h3-5,8-9H,6-7H2,1-2H3,(H,17,20). The normalized spacial score (nSPS) is 12.4. The highest BCUT2D eigenvalue weighted by Crippen LogP contribution is 2.09. The van der Waals surface area contributed by atoms with E-state index in [9.17, 15) is 9.59 Å². The molecule has 120 valence electrons. The van der Waals surface area contributed by atoms with Crippen LogP contribution >= 0.6 is 0 Å². The van der Waals surface area contributed by atoms with E-state index in [0.717, 1.165) is 5.76 Å². The van der Waals surface area contributed by atoms with Crippen LogP contribution in [0.4, 0.5) is 0 Å². The molecular weight excluding hydrogens is 300 g/mol. The molecule has 1 atom stereocenters. The lowest BCUT2D eigenvalue weighted by Gasteiger charge is -2.13.